The Hall–Kier alpha value is -1.76. The third-order valence-corrected chi connectivity index (χ3v) is 4.49. The summed E-state index contributed by atoms with van der Waals surface area (Å²) in [6.45, 7) is 1.68. The molecular weight excluding hydrogens is 293 g/mol. The first-order chi connectivity index (χ1) is 9.88. The van der Waals surface area contributed by atoms with E-state index in [4.69, 9.17) is 0 Å². The monoisotopic (exact) mass is 309 g/mol. The molecular formula is C15H16FNO3S. The van der Waals surface area contributed by atoms with Crippen LogP contribution in [0.25, 0.3) is 0 Å². The number of sulfonamides is 1. The van der Waals surface area contributed by atoms with Crippen molar-refractivity contribution in [3.63, 3.8) is 0 Å². The fraction of sp³-hybridized carbons (Fsp3) is 0.200. The van der Waals surface area contributed by atoms with Crippen LogP contribution >= 0.6 is 0 Å². The molecule has 0 fully saturated rings. The van der Waals surface area contributed by atoms with Crippen molar-refractivity contribution in [1.82, 2.24) is 4.72 Å². The maximum atomic E-state index is 12.8. The molecule has 21 heavy (non-hydrogen) atoms. The largest absolute Gasteiger partial charge is 0.387 e. The van der Waals surface area contributed by atoms with Gasteiger partial charge in [-0.3, -0.25) is 0 Å². The molecule has 0 aliphatic carbocycles. The molecule has 2 aromatic carbocycles. The standard InChI is InChI=1S/C15H16FNO3S/c1-11-2-8-14(9-3-11)21(19,20)17-10-15(18)12-4-6-13(16)7-5-12/h2-9,15,17-18H,10H2,1H3. The molecule has 2 rings (SSSR count). The topological polar surface area (TPSA) is 66.4 Å². The first kappa shape index (κ1) is 15.6. The number of hydrogen-bond acceptors (Lipinski definition) is 3. The minimum atomic E-state index is -3.67. The molecule has 0 amide bonds. The van der Waals surface area contributed by atoms with Gasteiger partial charge in [-0.1, -0.05) is 29.8 Å². The van der Waals surface area contributed by atoms with Gasteiger partial charge in [-0.25, -0.2) is 17.5 Å². The van der Waals surface area contributed by atoms with Crippen LogP contribution in [-0.2, 0) is 10.0 Å². The van der Waals surface area contributed by atoms with Gasteiger partial charge in [-0.05, 0) is 36.8 Å². The zero-order chi connectivity index (χ0) is 15.5. The van der Waals surface area contributed by atoms with Gasteiger partial charge in [0.05, 0.1) is 11.0 Å². The molecule has 0 spiro atoms. The van der Waals surface area contributed by atoms with Crippen molar-refractivity contribution >= 4 is 10.0 Å². The van der Waals surface area contributed by atoms with Crippen LogP contribution in [0.2, 0.25) is 0 Å². The lowest BCUT2D eigenvalue weighted by Crippen LogP contribution is -2.28. The Kier molecular flexibility index (Phi) is 4.72. The lowest BCUT2D eigenvalue weighted by Gasteiger charge is -2.12. The number of aryl methyl sites for hydroxylation is 1. The number of halogens is 1. The number of hydrogen-bond donors (Lipinski definition) is 2. The normalized spacial score (nSPS) is 13.1. The first-order valence-corrected chi connectivity index (χ1v) is 7.87. The van der Waals surface area contributed by atoms with Crippen molar-refractivity contribution in [3.8, 4) is 0 Å². The molecule has 0 aliphatic rings. The molecule has 1 atom stereocenters. The van der Waals surface area contributed by atoms with Crippen LogP contribution in [0.1, 0.15) is 17.2 Å². The lowest BCUT2D eigenvalue weighted by molar-refractivity contribution is 0.182. The first-order valence-electron chi connectivity index (χ1n) is 6.38. The van der Waals surface area contributed by atoms with Gasteiger partial charge in [0.15, 0.2) is 0 Å². The summed E-state index contributed by atoms with van der Waals surface area (Å²) in [4.78, 5) is 0.138. The van der Waals surface area contributed by atoms with Crippen LogP contribution in [-0.4, -0.2) is 20.1 Å². The summed E-state index contributed by atoms with van der Waals surface area (Å²) in [6, 6.07) is 11.7. The zero-order valence-electron chi connectivity index (χ0n) is 11.5. The summed E-state index contributed by atoms with van der Waals surface area (Å²) >= 11 is 0. The predicted molar refractivity (Wildman–Crippen MR) is 77.7 cm³/mol. The van der Waals surface area contributed by atoms with Gasteiger partial charge in [-0.2, -0.15) is 0 Å². The average molecular weight is 309 g/mol. The third-order valence-electron chi connectivity index (χ3n) is 3.05. The van der Waals surface area contributed by atoms with E-state index in [1.807, 2.05) is 6.92 Å². The molecule has 0 aliphatic heterocycles. The van der Waals surface area contributed by atoms with E-state index in [0.29, 0.717) is 5.56 Å². The highest BCUT2D eigenvalue weighted by molar-refractivity contribution is 7.89. The van der Waals surface area contributed by atoms with Gasteiger partial charge in [0.1, 0.15) is 5.82 Å². The minimum Gasteiger partial charge on any atom is -0.387 e. The van der Waals surface area contributed by atoms with E-state index < -0.39 is 21.9 Å². The van der Waals surface area contributed by atoms with Crippen molar-refractivity contribution in [3.05, 3.63) is 65.5 Å². The number of aliphatic hydroxyl groups is 1. The van der Waals surface area contributed by atoms with E-state index in [9.17, 15) is 17.9 Å². The highest BCUT2D eigenvalue weighted by atomic mass is 32.2. The summed E-state index contributed by atoms with van der Waals surface area (Å²) in [7, 11) is -3.67. The molecule has 2 aromatic rings. The van der Waals surface area contributed by atoms with Crippen LogP contribution in [0.5, 0.6) is 0 Å². The van der Waals surface area contributed by atoms with E-state index in [1.165, 1.54) is 36.4 Å². The Morgan fingerprint density at radius 3 is 2.24 bits per heavy atom. The smallest absolute Gasteiger partial charge is 0.240 e. The number of nitrogens with one attached hydrogen (secondary N) is 1. The Morgan fingerprint density at radius 1 is 1.10 bits per heavy atom. The van der Waals surface area contributed by atoms with Crippen molar-refractivity contribution in [2.24, 2.45) is 0 Å². The van der Waals surface area contributed by atoms with Gasteiger partial charge in [0.2, 0.25) is 10.0 Å². The third kappa shape index (κ3) is 4.10. The summed E-state index contributed by atoms with van der Waals surface area (Å²) < 4.78 is 39.2. The molecule has 0 bridgehead atoms. The van der Waals surface area contributed by atoms with Gasteiger partial charge in [0, 0.05) is 6.54 Å². The van der Waals surface area contributed by atoms with E-state index >= 15 is 0 Å². The van der Waals surface area contributed by atoms with Crippen molar-refractivity contribution in [2.75, 3.05) is 6.54 Å². The van der Waals surface area contributed by atoms with Crippen LogP contribution in [0.4, 0.5) is 4.39 Å². The van der Waals surface area contributed by atoms with Crippen molar-refractivity contribution in [2.45, 2.75) is 17.9 Å². The molecule has 2 N–H and O–H groups in total. The molecule has 0 heterocycles. The predicted octanol–water partition coefficient (Wildman–Crippen LogP) is 2.15. The summed E-state index contributed by atoms with van der Waals surface area (Å²) in [5.74, 6) is -0.411. The number of rotatable bonds is 5. The van der Waals surface area contributed by atoms with Crippen LogP contribution in [0.15, 0.2) is 53.4 Å². The second-order valence-corrected chi connectivity index (χ2v) is 6.50. The highest BCUT2D eigenvalue weighted by Gasteiger charge is 2.16. The highest BCUT2D eigenvalue weighted by Crippen LogP contribution is 2.14. The second kappa shape index (κ2) is 6.34. The van der Waals surface area contributed by atoms with E-state index in [2.05, 4.69) is 4.72 Å². The van der Waals surface area contributed by atoms with Gasteiger partial charge in [-0.15, -0.1) is 0 Å². The molecule has 0 saturated heterocycles. The summed E-state index contributed by atoms with van der Waals surface area (Å²) in [6.07, 6.45) is -1.04. The van der Waals surface area contributed by atoms with Gasteiger partial charge in [0.25, 0.3) is 0 Å². The molecule has 1 unspecified atom stereocenters. The number of aliphatic hydroxyl groups excluding tert-OH is 1. The Morgan fingerprint density at radius 2 is 1.67 bits per heavy atom. The summed E-state index contributed by atoms with van der Waals surface area (Å²) in [5.41, 5.74) is 1.41. The van der Waals surface area contributed by atoms with E-state index in [1.54, 1.807) is 12.1 Å². The van der Waals surface area contributed by atoms with E-state index in [0.717, 1.165) is 5.56 Å². The van der Waals surface area contributed by atoms with E-state index in [-0.39, 0.29) is 11.4 Å². The molecule has 0 aromatic heterocycles. The second-order valence-electron chi connectivity index (χ2n) is 4.73. The Bertz CT molecular complexity index is 697. The molecule has 6 heteroatoms. The lowest BCUT2D eigenvalue weighted by atomic mass is 10.1. The Balaban J connectivity index is 2.04. The quantitative estimate of drug-likeness (QED) is 0.889. The van der Waals surface area contributed by atoms with Gasteiger partial charge >= 0.3 is 0 Å². The zero-order valence-corrected chi connectivity index (χ0v) is 12.3. The maximum absolute atomic E-state index is 12.8. The number of benzene rings is 2. The minimum absolute atomic E-state index is 0.138. The molecule has 0 radical (unpaired) electrons. The average Bonchev–Trinajstić information content (AvgIpc) is 2.46. The molecule has 0 saturated carbocycles. The van der Waals surface area contributed by atoms with Gasteiger partial charge < -0.3 is 5.11 Å². The SMILES string of the molecule is Cc1ccc(S(=O)(=O)NCC(O)c2ccc(F)cc2)cc1. The molecule has 4 nitrogen and oxygen atoms in total. The maximum Gasteiger partial charge on any atom is 0.240 e. The summed E-state index contributed by atoms with van der Waals surface area (Å²) in [5, 5.41) is 9.92. The fourth-order valence-corrected chi connectivity index (χ4v) is 2.83. The van der Waals surface area contributed by atoms with Crippen LogP contribution in [0.3, 0.4) is 0 Å². The van der Waals surface area contributed by atoms with Crippen molar-refractivity contribution < 1.29 is 17.9 Å². The van der Waals surface area contributed by atoms with Crippen molar-refractivity contribution in [1.29, 1.82) is 0 Å². The Labute approximate surface area is 123 Å². The van der Waals surface area contributed by atoms with Crippen LogP contribution in [0, 0.1) is 12.7 Å². The fourth-order valence-electron chi connectivity index (χ4n) is 1.79. The van der Waals surface area contributed by atoms with Crippen LogP contribution < -0.4 is 4.72 Å². The molecule has 112 valence electrons.